The van der Waals surface area contributed by atoms with Gasteiger partial charge in [0.15, 0.2) is 0 Å². The summed E-state index contributed by atoms with van der Waals surface area (Å²) < 4.78 is 5.18. The molecule has 1 aliphatic heterocycles. The van der Waals surface area contributed by atoms with Crippen molar-refractivity contribution in [3.63, 3.8) is 0 Å². The van der Waals surface area contributed by atoms with Crippen LogP contribution in [0.3, 0.4) is 0 Å². The van der Waals surface area contributed by atoms with Crippen molar-refractivity contribution in [3.8, 4) is 0 Å². The highest BCUT2D eigenvalue weighted by Crippen LogP contribution is 2.33. The van der Waals surface area contributed by atoms with Crippen LogP contribution in [0.5, 0.6) is 0 Å². The molecule has 2 rings (SSSR count). The second kappa shape index (κ2) is 6.21. The van der Waals surface area contributed by atoms with E-state index in [9.17, 15) is 9.90 Å². The SMILES string of the molecule is CCCCOC(=O)N1Cc2cc(Cl)cnc2C1CO. The lowest BCUT2D eigenvalue weighted by atomic mass is 10.1. The molecule has 19 heavy (non-hydrogen) atoms. The second-order valence-electron chi connectivity index (χ2n) is 4.49. The summed E-state index contributed by atoms with van der Waals surface area (Å²) in [6.45, 7) is 2.63. The van der Waals surface area contributed by atoms with Crippen LogP contribution in [0.15, 0.2) is 12.3 Å². The molecule has 0 spiro atoms. The standard InChI is InChI=1S/C13H17ClN2O3/c1-2-3-4-19-13(18)16-7-9-5-10(14)6-15-12(9)11(16)8-17/h5-6,11,17H,2-4,7-8H2,1H3. The van der Waals surface area contributed by atoms with Gasteiger partial charge in [-0.15, -0.1) is 0 Å². The minimum atomic E-state index is -0.443. The highest BCUT2D eigenvalue weighted by molar-refractivity contribution is 6.30. The van der Waals surface area contributed by atoms with Gasteiger partial charge in [-0.05, 0) is 18.1 Å². The Morgan fingerprint density at radius 1 is 1.68 bits per heavy atom. The van der Waals surface area contributed by atoms with Crippen molar-refractivity contribution in [2.75, 3.05) is 13.2 Å². The van der Waals surface area contributed by atoms with Crippen molar-refractivity contribution < 1.29 is 14.6 Å². The van der Waals surface area contributed by atoms with Gasteiger partial charge in [0, 0.05) is 6.20 Å². The largest absolute Gasteiger partial charge is 0.449 e. The molecule has 1 aromatic heterocycles. The van der Waals surface area contributed by atoms with Crippen LogP contribution in [-0.4, -0.2) is 34.3 Å². The van der Waals surface area contributed by atoms with Gasteiger partial charge in [-0.3, -0.25) is 9.88 Å². The molecule has 1 aromatic rings. The van der Waals surface area contributed by atoms with Gasteiger partial charge in [0.1, 0.15) is 6.04 Å². The monoisotopic (exact) mass is 284 g/mol. The number of hydrogen-bond acceptors (Lipinski definition) is 4. The van der Waals surface area contributed by atoms with Crippen LogP contribution in [0, 0.1) is 0 Å². The maximum Gasteiger partial charge on any atom is 0.410 e. The molecule has 104 valence electrons. The van der Waals surface area contributed by atoms with E-state index in [2.05, 4.69) is 4.98 Å². The Bertz CT molecular complexity index is 467. The van der Waals surface area contributed by atoms with Crippen LogP contribution in [-0.2, 0) is 11.3 Å². The fourth-order valence-electron chi connectivity index (χ4n) is 2.12. The summed E-state index contributed by atoms with van der Waals surface area (Å²) in [5, 5.41) is 9.98. The van der Waals surface area contributed by atoms with Gasteiger partial charge in [-0.2, -0.15) is 0 Å². The normalized spacial score (nSPS) is 17.4. The molecule has 1 amide bonds. The summed E-state index contributed by atoms with van der Waals surface area (Å²) in [6, 6.07) is 1.33. The zero-order chi connectivity index (χ0) is 13.8. The Balaban J connectivity index is 2.10. The van der Waals surface area contributed by atoms with Gasteiger partial charge in [0.05, 0.1) is 30.5 Å². The number of amides is 1. The molecular formula is C13H17ClN2O3. The van der Waals surface area contributed by atoms with E-state index in [0.717, 1.165) is 18.4 Å². The molecule has 1 aliphatic rings. The molecule has 0 aromatic carbocycles. The quantitative estimate of drug-likeness (QED) is 0.863. The van der Waals surface area contributed by atoms with E-state index < -0.39 is 12.1 Å². The molecule has 6 heteroatoms. The van der Waals surface area contributed by atoms with E-state index in [1.54, 1.807) is 6.07 Å². The summed E-state index contributed by atoms with van der Waals surface area (Å²) in [5.74, 6) is 0. The number of aliphatic hydroxyl groups is 1. The summed E-state index contributed by atoms with van der Waals surface area (Å²) in [6.07, 6.45) is 2.91. The molecule has 5 nitrogen and oxygen atoms in total. The Morgan fingerprint density at radius 3 is 3.16 bits per heavy atom. The number of pyridine rings is 1. The smallest absolute Gasteiger partial charge is 0.410 e. The summed E-state index contributed by atoms with van der Waals surface area (Å²) in [4.78, 5) is 17.7. The van der Waals surface area contributed by atoms with Crippen LogP contribution in [0.25, 0.3) is 0 Å². The number of unbranched alkanes of at least 4 members (excludes halogenated alkanes) is 1. The highest BCUT2D eigenvalue weighted by Gasteiger charge is 2.35. The number of fused-ring (bicyclic) bond motifs is 1. The molecule has 0 fully saturated rings. The average Bonchev–Trinajstić information content (AvgIpc) is 2.76. The molecule has 1 atom stereocenters. The first-order valence-corrected chi connectivity index (χ1v) is 6.73. The van der Waals surface area contributed by atoms with Gasteiger partial charge < -0.3 is 9.84 Å². The highest BCUT2D eigenvalue weighted by atomic mass is 35.5. The summed E-state index contributed by atoms with van der Waals surface area (Å²) in [5.41, 5.74) is 1.55. The number of aliphatic hydroxyl groups excluding tert-OH is 1. The second-order valence-corrected chi connectivity index (χ2v) is 4.93. The van der Waals surface area contributed by atoms with Gasteiger partial charge in [-0.1, -0.05) is 24.9 Å². The van der Waals surface area contributed by atoms with Crippen molar-refractivity contribution in [1.82, 2.24) is 9.88 Å². The fraction of sp³-hybridized carbons (Fsp3) is 0.538. The lowest BCUT2D eigenvalue weighted by Gasteiger charge is -2.22. The zero-order valence-electron chi connectivity index (χ0n) is 10.8. The number of carbonyl (C=O) groups excluding carboxylic acids is 1. The van der Waals surface area contributed by atoms with E-state index >= 15 is 0 Å². The Hall–Kier alpha value is -1.33. The first-order chi connectivity index (χ1) is 9.17. The third-order valence-corrected chi connectivity index (χ3v) is 3.34. The molecule has 0 radical (unpaired) electrons. The Labute approximate surface area is 117 Å². The number of rotatable bonds is 4. The first-order valence-electron chi connectivity index (χ1n) is 6.36. The predicted molar refractivity (Wildman–Crippen MR) is 70.9 cm³/mol. The van der Waals surface area contributed by atoms with E-state index in [4.69, 9.17) is 16.3 Å². The van der Waals surface area contributed by atoms with E-state index in [0.29, 0.717) is 23.9 Å². The summed E-state index contributed by atoms with van der Waals surface area (Å²) >= 11 is 5.88. The minimum absolute atomic E-state index is 0.176. The van der Waals surface area contributed by atoms with Crippen molar-refractivity contribution in [1.29, 1.82) is 0 Å². The van der Waals surface area contributed by atoms with Crippen molar-refractivity contribution in [2.24, 2.45) is 0 Å². The first kappa shape index (κ1) is 14.1. The summed E-state index contributed by atoms with van der Waals surface area (Å²) in [7, 11) is 0. The molecular weight excluding hydrogens is 268 g/mol. The van der Waals surface area contributed by atoms with Crippen molar-refractivity contribution in [3.05, 3.63) is 28.5 Å². The molecule has 0 bridgehead atoms. The van der Waals surface area contributed by atoms with Gasteiger partial charge in [-0.25, -0.2) is 4.79 Å². The number of hydrogen-bond donors (Lipinski definition) is 1. The van der Waals surface area contributed by atoms with E-state index in [1.165, 1.54) is 11.1 Å². The van der Waals surface area contributed by atoms with Crippen molar-refractivity contribution in [2.45, 2.75) is 32.4 Å². The van der Waals surface area contributed by atoms with Crippen LogP contribution in [0.4, 0.5) is 4.79 Å². The minimum Gasteiger partial charge on any atom is -0.449 e. The van der Waals surface area contributed by atoms with Gasteiger partial charge in [0.25, 0.3) is 0 Å². The number of nitrogens with zero attached hydrogens (tertiary/aromatic N) is 2. The lowest BCUT2D eigenvalue weighted by molar-refractivity contribution is 0.0718. The topological polar surface area (TPSA) is 62.7 Å². The lowest BCUT2D eigenvalue weighted by Crippen LogP contribution is -2.32. The van der Waals surface area contributed by atoms with E-state index in [1.807, 2.05) is 6.92 Å². The number of halogens is 1. The molecule has 1 N–H and O–H groups in total. The molecule has 0 aliphatic carbocycles. The number of carbonyl (C=O) groups is 1. The van der Waals surface area contributed by atoms with Crippen molar-refractivity contribution >= 4 is 17.7 Å². The molecule has 0 saturated carbocycles. The van der Waals surface area contributed by atoms with Crippen LogP contribution >= 0.6 is 11.6 Å². The molecule has 1 unspecified atom stereocenters. The van der Waals surface area contributed by atoms with E-state index in [-0.39, 0.29) is 6.61 Å². The van der Waals surface area contributed by atoms with Crippen LogP contribution in [0.2, 0.25) is 5.02 Å². The fourth-order valence-corrected chi connectivity index (χ4v) is 2.30. The Kier molecular flexibility index (Phi) is 4.61. The third kappa shape index (κ3) is 2.98. The maximum atomic E-state index is 12.0. The van der Waals surface area contributed by atoms with Crippen LogP contribution in [0.1, 0.15) is 37.1 Å². The van der Waals surface area contributed by atoms with Gasteiger partial charge >= 0.3 is 6.09 Å². The third-order valence-electron chi connectivity index (χ3n) is 3.13. The maximum absolute atomic E-state index is 12.0. The molecule has 0 saturated heterocycles. The number of ether oxygens (including phenoxy) is 1. The predicted octanol–water partition coefficient (Wildman–Crippen LogP) is 2.52. The number of aromatic nitrogens is 1. The zero-order valence-corrected chi connectivity index (χ0v) is 11.6. The van der Waals surface area contributed by atoms with Gasteiger partial charge in [0.2, 0.25) is 0 Å². The Morgan fingerprint density at radius 2 is 2.47 bits per heavy atom. The average molecular weight is 285 g/mol. The van der Waals surface area contributed by atoms with Crippen LogP contribution < -0.4 is 0 Å². The molecule has 2 heterocycles.